The number of imidazole rings is 1. The van der Waals surface area contributed by atoms with Gasteiger partial charge in [0.25, 0.3) is 5.91 Å². The van der Waals surface area contributed by atoms with E-state index in [1.807, 2.05) is 48.5 Å². The minimum atomic E-state index is -0.588. The number of aromatic amines is 1. The molecule has 0 aliphatic carbocycles. The van der Waals surface area contributed by atoms with Crippen LogP contribution in [0.4, 0.5) is 0 Å². The number of nitrogens with zero attached hydrogens (tertiary/aromatic N) is 6. The molecule has 0 spiro atoms. The summed E-state index contributed by atoms with van der Waals surface area (Å²) in [6.07, 6.45) is 3.76. The van der Waals surface area contributed by atoms with Gasteiger partial charge in [0.2, 0.25) is 0 Å². The fourth-order valence-electron chi connectivity index (χ4n) is 4.79. The fraction of sp³-hybridized carbons (Fsp3) is 0.400. The Morgan fingerprint density at radius 3 is 2.53 bits per heavy atom. The predicted octanol–water partition coefficient (Wildman–Crippen LogP) is 4.62. The number of hydrogen-bond donors (Lipinski definition) is 4. The van der Waals surface area contributed by atoms with Crippen LogP contribution in [0.15, 0.2) is 48.5 Å². The number of tetrazole rings is 1. The van der Waals surface area contributed by atoms with Crippen molar-refractivity contribution in [1.82, 2.24) is 40.9 Å². The zero-order chi connectivity index (χ0) is 32.2. The fourth-order valence-corrected chi connectivity index (χ4v) is 5.07. The van der Waals surface area contributed by atoms with Crippen LogP contribution in [-0.4, -0.2) is 77.1 Å². The molecule has 0 bridgehead atoms. The molecule has 4 aromatic rings. The van der Waals surface area contributed by atoms with Crippen LogP contribution in [0.5, 0.6) is 0 Å². The highest BCUT2D eigenvalue weighted by atomic mass is 35.5. The SMILES string of the molecule is CCCCc1nc(Cl)c(C(=O)NCC(=O)OCCCCC(C)ON(O)O)n1Cc1ccc(-c2ccccc2-c2nnn[nH]2)cc1. The smallest absolute Gasteiger partial charge is 0.325 e. The molecule has 0 fully saturated rings. The van der Waals surface area contributed by atoms with E-state index in [-0.39, 0.29) is 29.4 Å². The molecule has 15 heteroatoms. The van der Waals surface area contributed by atoms with Crippen LogP contribution in [0.3, 0.4) is 0 Å². The maximum absolute atomic E-state index is 13.3. The first kappa shape index (κ1) is 33.7. The van der Waals surface area contributed by atoms with Crippen molar-refractivity contribution in [3.63, 3.8) is 0 Å². The maximum atomic E-state index is 13.3. The average Bonchev–Trinajstić information content (AvgIpc) is 3.67. The minimum Gasteiger partial charge on any atom is -0.464 e. The van der Waals surface area contributed by atoms with E-state index in [0.717, 1.165) is 35.1 Å². The number of amides is 1. The molecule has 4 rings (SSSR count). The highest BCUT2D eigenvalue weighted by Gasteiger charge is 2.23. The summed E-state index contributed by atoms with van der Waals surface area (Å²) in [5.41, 5.74) is 3.92. The van der Waals surface area contributed by atoms with Gasteiger partial charge in [-0.1, -0.05) is 73.5 Å². The van der Waals surface area contributed by atoms with Crippen LogP contribution in [0.1, 0.15) is 67.8 Å². The largest absolute Gasteiger partial charge is 0.464 e. The van der Waals surface area contributed by atoms with E-state index in [1.165, 1.54) is 0 Å². The van der Waals surface area contributed by atoms with Crippen molar-refractivity contribution in [1.29, 1.82) is 0 Å². The molecule has 45 heavy (non-hydrogen) atoms. The van der Waals surface area contributed by atoms with Gasteiger partial charge in [-0.3, -0.25) is 20.0 Å². The van der Waals surface area contributed by atoms with Gasteiger partial charge in [0.05, 0.1) is 18.1 Å². The lowest BCUT2D eigenvalue weighted by molar-refractivity contribution is -0.503. The third-order valence-electron chi connectivity index (χ3n) is 7.04. The Morgan fingerprint density at radius 2 is 1.84 bits per heavy atom. The number of nitrogens with one attached hydrogen (secondary N) is 2. The highest BCUT2D eigenvalue weighted by molar-refractivity contribution is 6.32. The van der Waals surface area contributed by atoms with Crippen molar-refractivity contribution in [3.05, 3.63) is 70.8 Å². The summed E-state index contributed by atoms with van der Waals surface area (Å²) < 4.78 is 7.01. The van der Waals surface area contributed by atoms with Gasteiger partial charge in [0.15, 0.2) is 11.0 Å². The molecule has 14 nitrogen and oxygen atoms in total. The molecule has 4 N–H and O–H groups in total. The van der Waals surface area contributed by atoms with E-state index in [1.54, 1.807) is 11.5 Å². The lowest BCUT2D eigenvalue weighted by atomic mass is 9.98. The topological polar surface area (TPSA) is 181 Å². The number of unbranched alkanes of at least 4 members (excludes halogenated alkanes) is 2. The molecule has 2 heterocycles. The van der Waals surface area contributed by atoms with Gasteiger partial charge in [-0.25, -0.2) is 14.9 Å². The first-order chi connectivity index (χ1) is 21.8. The van der Waals surface area contributed by atoms with E-state index < -0.39 is 18.0 Å². The first-order valence-electron chi connectivity index (χ1n) is 14.7. The summed E-state index contributed by atoms with van der Waals surface area (Å²) in [5.74, 6) is 0.143. The highest BCUT2D eigenvalue weighted by Crippen LogP contribution is 2.30. The lowest BCUT2D eigenvalue weighted by Gasteiger charge is -2.14. The first-order valence-corrected chi connectivity index (χ1v) is 15.1. The summed E-state index contributed by atoms with van der Waals surface area (Å²) in [6.45, 7) is 3.93. The molecule has 0 saturated carbocycles. The normalized spacial score (nSPS) is 12.0. The van der Waals surface area contributed by atoms with Crippen LogP contribution < -0.4 is 5.32 Å². The van der Waals surface area contributed by atoms with E-state index in [4.69, 9.17) is 26.8 Å². The van der Waals surface area contributed by atoms with Gasteiger partial charge in [-0.15, -0.1) is 5.10 Å². The Kier molecular flexibility index (Phi) is 12.5. The van der Waals surface area contributed by atoms with Gasteiger partial charge in [-0.2, -0.15) is 0 Å². The monoisotopic (exact) mass is 640 g/mol. The molecule has 2 aromatic heterocycles. The van der Waals surface area contributed by atoms with Crippen LogP contribution in [0.25, 0.3) is 22.5 Å². The summed E-state index contributed by atoms with van der Waals surface area (Å²) in [5, 5.41) is 33.9. The molecule has 1 amide bonds. The average molecular weight is 641 g/mol. The Morgan fingerprint density at radius 1 is 1.09 bits per heavy atom. The van der Waals surface area contributed by atoms with Crippen LogP contribution in [0.2, 0.25) is 5.15 Å². The standard InChI is InChI=1S/C30H37ClN8O6/c1-3-4-12-25-33-28(31)27(30(41)32-18-26(40)44-17-8-7-9-20(2)45-39(42)43)38(25)19-21-13-15-22(16-14-21)23-10-5-6-11-24(23)29-34-36-37-35-29/h5-6,10-11,13-16,20,42-43H,3-4,7-9,12,17-19H2,1-2H3,(H,32,41)(H,34,35,36,37). The number of hydrogen-bond acceptors (Lipinski definition) is 11. The van der Waals surface area contributed by atoms with Crippen LogP contribution in [-0.2, 0) is 27.3 Å². The number of carbonyl (C=O) groups excluding carboxylic acids is 2. The summed E-state index contributed by atoms with van der Waals surface area (Å²) >= 11 is 6.48. The van der Waals surface area contributed by atoms with E-state index in [9.17, 15) is 9.59 Å². The second kappa shape index (κ2) is 16.7. The zero-order valence-electron chi connectivity index (χ0n) is 25.1. The molecule has 0 saturated heterocycles. The number of H-pyrrole nitrogens is 1. The number of carbonyl (C=O) groups is 2. The van der Waals surface area contributed by atoms with Gasteiger partial charge in [-0.05, 0) is 59.7 Å². The third-order valence-corrected chi connectivity index (χ3v) is 7.31. The van der Waals surface area contributed by atoms with Gasteiger partial charge >= 0.3 is 5.97 Å². The second-order valence-electron chi connectivity index (χ2n) is 10.4. The Hall–Kier alpha value is -4.21. The van der Waals surface area contributed by atoms with E-state index in [0.29, 0.717) is 43.9 Å². The molecule has 1 unspecified atom stereocenters. The Balaban J connectivity index is 1.40. The molecule has 240 valence electrons. The zero-order valence-corrected chi connectivity index (χ0v) is 25.9. The van der Waals surface area contributed by atoms with Crippen LogP contribution in [0, 0.1) is 0 Å². The quantitative estimate of drug-likeness (QED) is 0.0718. The lowest BCUT2D eigenvalue weighted by Crippen LogP contribution is -2.32. The Bertz CT molecular complexity index is 1530. The number of halogens is 1. The van der Waals surface area contributed by atoms with E-state index in [2.05, 4.69) is 42.7 Å². The number of aryl methyl sites for hydroxylation is 1. The van der Waals surface area contributed by atoms with Crippen LogP contribution >= 0.6 is 11.6 Å². The van der Waals surface area contributed by atoms with Crippen molar-refractivity contribution < 1.29 is 29.6 Å². The minimum absolute atomic E-state index is 0.0684. The molecule has 0 aliphatic heterocycles. The number of ether oxygens (including phenoxy) is 1. The summed E-state index contributed by atoms with van der Waals surface area (Å²) in [4.78, 5) is 34.7. The van der Waals surface area contributed by atoms with Crippen molar-refractivity contribution in [3.8, 4) is 22.5 Å². The van der Waals surface area contributed by atoms with Gasteiger partial charge in [0, 0.05) is 18.5 Å². The molecule has 0 aliphatic rings. The predicted molar refractivity (Wildman–Crippen MR) is 163 cm³/mol. The number of rotatable bonds is 17. The molecular formula is C30H37ClN8O6. The van der Waals surface area contributed by atoms with E-state index >= 15 is 0 Å². The third kappa shape index (κ3) is 9.64. The summed E-state index contributed by atoms with van der Waals surface area (Å²) in [6, 6.07) is 15.8. The van der Waals surface area contributed by atoms with Crippen molar-refractivity contribution in [2.75, 3.05) is 13.2 Å². The molecular weight excluding hydrogens is 604 g/mol. The second-order valence-corrected chi connectivity index (χ2v) is 10.8. The van der Waals surface area contributed by atoms with Crippen molar-refractivity contribution in [2.24, 2.45) is 0 Å². The molecule has 2 aromatic carbocycles. The number of esters is 1. The number of benzene rings is 2. The van der Waals surface area contributed by atoms with Gasteiger partial charge < -0.3 is 14.6 Å². The molecule has 1 atom stereocenters. The molecule has 0 radical (unpaired) electrons. The Labute approximate surface area is 265 Å². The number of aromatic nitrogens is 6. The van der Waals surface area contributed by atoms with Gasteiger partial charge in [0.1, 0.15) is 18.1 Å². The van der Waals surface area contributed by atoms with Crippen molar-refractivity contribution >= 4 is 23.5 Å². The summed E-state index contributed by atoms with van der Waals surface area (Å²) in [7, 11) is 0. The van der Waals surface area contributed by atoms with Crippen molar-refractivity contribution in [2.45, 2.75) is 65.0 Å². The maximum Gasteiger partial charge on any atom is 0.325 e.